The van der Waals surface area contributed by atoms with E-state index in [0.29, 0.717) is 6.42 Å². The Balaban J connectivity index is 4.35. The molecule has 0 atom stereocenters. The topological polar surface area (TPSA) is 50.9 Å². The van der Waals surface area contributed by atoms with Crippen LogP contribution in [0, 0.1) is 0 Å². The van der Waals surface area contributed by atoms with E-state index in [9.17, 15) is 4.79 Å². The molecule has 0 aromatic heterocycles. The predicted octanol–water partition coefficient (Wildman–Crippen LogP) is 16.3. The first-order chi connectivity index (χ1) is 31.6. The molecule has 0 aromatic rings. The van der Waals surface area contributed by atoms with Crippen molar-refractivity contribution in [3.05, 3.63) is 0 Å². The van der Waals surface area contributed by atoms with E-state index in [1.807, 2.05) is 0 Å². The SMILES string of the molecule is CCCCCCCCCCCCCCN(CCC)CCNCCCN(CCC)CCC(=O)NCCN(CCCCCCCCCCCCCC)CCCCCCCCCCCCCC. The molecule has 0 aliphatic heterocycles. The highest BCUT2D eigenvalue weighted by Gasteiger charge is 2.10. The van der Waals surface area contributed by atoms with Gasteiger partial charge in [-0.25, -0.2) is 0 Å². The normalized spacial score (nSPS) is 11.9. The maximum Gasteiger partial charge on any atom is 0.221 e. The molecule has 1 amide bonds. The average Bonchev–Trinajstić information content (AvgIpc) is 3.29. The Hall–Kier alpha value is -0.690. The highest BCUT2D eigenvalue weighted by Crippen LogP contribution is 2.15. The van der Waals surface area contributed by atoms with Crippen LogP contribution in [0.1, 0.15) is 291 Å². The Morgan fingerprint density at radius 3 is 0.891 bits per heavy atom. The summed E-state index contributed by atoms with van der Waals surface area (Å²) in [6, 6.07) is 0. The number of nitrogens with one attached hydrogen (secondary N) is 2. The summed E-state index contributed by atoms with van der Waals surface area (Å²) in [7, 11) is 0. The fourth-order valence-electron chi connectivity index (χ4n) is 9.66. The summed E-state index contributed by atoms with van der Waals surface area (Å²) in [6.07, 6.45) is 54.9. The largest absolute Gasteiger partial charge is 0.355 e. The van der Waals surface area contributed by atoms with Crippen LogP contribution in [-0.4, -0.2) is 99.1 Å². The third-order valence-electron chi connectivity index (χ3n) is 13.9. The molecule has 0 heterocycles. The monoisotopic (exact) mass is 904 g/mol. The second kappa shape index (κ2) is 54.9. The third kappa shape index (κ3) is 49.2. The molecule has 384 valence electrons. The molecular weight excluding hydrogens is 783 g/mol. The lowest BCUT2D eigenvalue weighted by molar-refractivity contribution is -0.121. The van der Waals surface area contributed by atoms with Gasteiger partial charge in [0.15, 0.2) is 0 Å². The van der Waals surface area contributed by atoms with Gasteiger partial charge in [0.25, 0.3) is 0 Å². The van der Waals surface area contributed by atoms with Crippen molar-refractivity contribution in [1.82, 2.24) is 25.3 Å². The quantitative estimate of drug-likeness (QED) is 0.0596. The van der Waals surface area contributed by atoms with Crippen LogP contribution in [0.5, 0.6) is 0 Å². The van der Waals surface area contributed by atoms with Crippen LogP contribution in [0.15, 0.2) is 0 Å². The molecule has 0 aromatic carbocycles. The molecule has 0 saturated heterocycles. The Kier molecular flexibility index (Phi) is 54.3. The minimum absolute atomic E-state index is 0.235. The zero-order chi connectivity index (χ0) is 46.5. The van der Waals surface area contributed by atoms with Crippen molar-refractivity contribution in [1.29, 1.82) is 0 Å². The molecule has 0 fully saturated rings. The number of amides is 1. The summed E-state index contributed by atoms with van der Waals surface area (Å²) in [5, 5.41) is 7.07. The van der Waals surface area contributed by atoms with Gasteiger partial charge in [0.05, 0.1) is 0 Å². The summed E-state index contributed by atoms with van der Waals surface area (Å²) < 4.78 is 0. The summed E-state index contributed by atoms with van der Waals surface area (Å²) in [4.78, 5) is 20.9. The summed E-state index contributed by atoms with van der Waals surface area (Å²) in [6.45, 7) is 24.5. The molecule has 2 N–H and O–H groups in total. The molecule has 0 rings (SSSR count). The molecule has 6 heteroatoms. The number of carbonyl (C=O) groups excluding carboxylic acids is 1. The van der Waals surface area contributed by atoms with E-state index >= 15 is 0 Å². The predicted molar refractivity (Wildman–Crippen MR) is 288 cm³/mol. The van der Waals surface area contributed by atoms with Crippen LogP contribution in [0.25, 0.3) is 0 Å². The molecule has 0 radical (unpaired) electrons. The van der Waals surface area contributed by atoms with Gasteiger partial charge in [-0.2, -0.15) is 0 Å². The number of nitrogens with zero attached hydrogens (tertiary/aromatic N) is 3. The fraction of sp³-hybridized carbons (Fsp3) is 0.983. The van der Waals surface area contributed by atoms with Crippen LogP contribution in [0.4, 0.5) is 0 Å². The van der Waals surface area contributed by atoms with Gasteiger partial charge in [0.1, 0.15) is 0 Å². The van der Waals surface area contributed by atoms with Crippen molar-refractivity contribution in [3.8, 4) is 0 Å². The van der Waals surface area contributed by atoms with Crippen LogP contribution < -0.4 is 10.6 Å². The van der Waals surface area contributed by atoms with Gasteiger partial charge in [-0.1, -0.05) is 247 Å². The standard InChI is InChI=1S/C58H121N5O/c1-6-11-14-17-20-23-26-29-32-35-38-41-51-62(50-10-5)56-47-59-46-44-54-61(49-9-4)55-45-58(64)60-48-57-63(52-42-39-36-33-30-27-24-21-18-15-12-7-2)53-43-40-37-34-31-28-25-22-19-16-13-8-3/h59H,6-57H2,1-5H3,(H,60,64). The molecule has 64 heavy (non-hydrogen) atoms. The van der Waals surface area contributed by atoms with E-state index < -0.39 is 0 Å². The lowest BCUT2D eigenvalue weighted by Crippen LogP contribution is -2.38. The Labute approximate surface area is 404 Å². The zero-order valence-electron chi connectivity index (χ0n) is 45.0. The van der Waals surface area contributed by atoms with E-state index in [-0.39, 0.29) is 5.91 Å². The van der Waals surface area contributed by atoms with Gasteiger partial charge in [0, 0.05) is 39.1 Å². The third-order valence-corrected chi connectivity index (χ3v) is 13.9. The summed E-state index contributed by atoms with van der Waals surface area (Å²) >= 11 is 0. The van der Waals surface area contributed by atoms with Gasteiger partial charge in [-0.15, -0.1) is 0 Å². The number of hydrogen-bond donors (Lipinski definition) is 2. The molecule has 0 unspecified atom stereocenters. The highest BCUT2D eigenvalue weighted by molar-refractivity contribution is 5.76. The van der Waals surface area contributed by atoms with Crippen LogP contribution in [0.2, 0.25) is 0 Å². The Morgan fingerprint density at radius 2 is 0.547 bits per heavy atom. The number of rotatable bonds is 56. The van der Waals surface area contributed by atoms with Crippen molar-refractivity contribution in [3.63, 3.8) is 0 Å². The smallest absolute Gasteiger partial charge is 0.221 e. The van der Waals surface area contributed by atoms with Crippen molar-refractivity contribution >= 4 is 5.91 Å². The van der Waals surface area contributed by atoms with Crippen LogP contribution in [-0.2, 0) is 4.79 Å². The number of unbranched alkanes of at least 4 members (excludes halogenated alkanes) is 33. The minimum Gasteiger partial charge on any atom is -0.355 e. The van der Waals surface area contributed by atoms with Crippen molar-refractivity contribution in [2.24, 2.45) is 0 Å². The molecular formula is C58H121N5O. The second-order valence-corrected chi connectivity index (χ2v) is 20.4. The fourth-order valence-corrected chi connectivity index (χ4v) is 9.66. The molecule has 0 bridgehead atoms. The maximum absolute atomic E-state index is 13.0. The number of hydrogen-bond acceptors (Lipinski definition) is 5. The Bertz CT molecular complexity index is 844. The lowest BCUT2D eigenvalue weighted by atomic mass is 10.0. The maximum atomic E-state index is 13.0. The van der Waals surface area contributed by atoms with E-state index in [1.54, 1.807) is 0 Å². The zero-order valence-corrected chi connectivity index (χ0v) is 45.0. The molecule has 0 aliphatic rings. The van der Waals surface area contributed by atoms with Crippen molar-refractivity contribution in [2.45, 2.75) is 291 Å². The second-order valence-electron chi connectivity index (χ2n) is 20.4. The molecule has 6 nitrogen and oxygen atoms in total. The average molecular weight is 905 g/mol. The van der Waals surface area contributed by atoms with Gasteiger partial charge in [0.2, 0.25) is 5.91 Å². The van der Waals surface area contributed by atoms with Crippen molar-refractivity contribution < 1.29 is 4.79 Å². The first-order valence-electron chi connectivity index (χ1n) is 29.7. The van der Waals surface area contributed by atoms with Crippen molar-refractivity contribution in [2.75, 3.05) is 78.5 Å². The first-order valence-corrected chi connectivity index (χ1v) is 29.7. The van der Waals surface area contributed by atoms with Gasteiger partial charge in [-0.05, 0) is 84.3 Å². The van der Waals surface area contributed by atoms with E-state index in [2.05, 4.69) is 60.0 Å². The van der Waals surface area contributed by atoms with E-state index in [1.165, 1.54) is 270 Å². The lowest BCUT2D eigenvalue weighted by Gasteiger charge is -2.24. The molecule has 0 aliphatic carbocycles. The molecule has 0 saturated carbocycles. The summed E-state index contributed by atoms with van der Waals surface area (Å²) in [5.41, 5.74) is 0. The van der Waals surface area contributed by atoms with E-state index in [4.69, 9.17) is 0 Å². The Morgan fingerprint density at radius 1 is 0.266 bits per heavy atom. The van der Waals surface area contributed by atoms with Crippen LogP contribution >= 0.6 is 0 Å². The van der Waals surface area contributed by atoms with Gasteiger partial charge >= 0.3 is 0 Å². The minimum atomic E-state index is 0.235. The van der Waals surface area contributed by atoms with Gasteiger partial charge in [-0.3, -0.25) is 4.79 Å². The highest BCUT2D eigenvalue weighted by atomic mass is 16.1. The van der Waals surface area contributed by atoms with E-state index in [0.717, 1.165) is 58.7 Å². The molecule has 0 spiro atoms. The summed E-state index contributed by atoms with van der Waals surface area (Å²) in [5.74, 6) is 0.235. The first kappa shape index (κ1) is 63.3. The van der Waals surface area contributed by atoms with Crippen LogP contribution in [0.3, 0.4) is 0 Å². The number of carbonyl (C=O) groups is 1. The van der Waals surface area contributed by atoms with Gasteiger partial charge < -0.3 is 25.3 Å².